The minimum absolute atomic E-state index is 0.117. The Morgan fingerprint density at radius 2 is 1.67 bits per heavy atom. The topological polar surface area (TPSA) is 102 Å². The van der Waals surface area contributed by atoms with Crippen LogP contribution in [0.5, 0.6) is 5.75 Å². The largest absolute Gasteiger partial charge is 0.494 e. The highest BCUT2D eigenvalue weighted by Crippen LogP contribution is 2.43. The number of hydrogen-bond acceptors (Lipinski definition) is 4. The maximum absolute atomic E-state index is 11.0. The molecule has 30 heavy (non-hydrogen) atoms. The summed E-state index contributed by atoms with van der Waals surface area (Å²) in [4.78, 5) is 17.8. The number of phosphoric acid groups is 1. The standard InChI is InChI=1S/C23H32NO5P/c1-2-15-28-22-11-7-19(8-12-22)4-3-18-5-9-20(10-6-18)21-13-14-23(24,16-21)17-29-30(25,26)27/h5-12,21H,2-4,13-17,24H2,1H3,(H2,25,26,27)/t21-,23+/m1/s1. The van der Waals surface area contributed by atoms with Crippen LogP contribution in [0.2, 0.25) is 0 Å². The van der Waals surface area contributed by atoms with Crippen LogP contribution in [-0.4, -0.2) is 28.5 Å². The van der Waals surface area contributed by atoms with E-state index in [1.807, 2.05) is 12.1 Å². The van der Waals surface area contributed by atoms with Crippen molar-refractivity contribution in [1.82, 2.24) is 0 Å². The second-order valence-corrected chi connectivity index (χ2v) is 9.54. The highest BCUT2D eigenvalue weighted by Gasteiger charge is 2.38. The molecule has 0 unspecified atom stereocenters. The van der Waals surface area contributed by atoms with Gasteiger partial charge in [-0.2, -0.15) is 0 Å². The summed E-state index contributed by atoms with van der Waals surface area (Å²) >= 11 is 0. The van der Waals surface area contributed by atoms with Gasteiger partial charge in [-0.3, -0.25) is 4.52 Å². The van der Waals surface area contributed by atoms with E-state index in [1.54, 1.807) is 0 Å². The van der Waals surface area contributed by atoms with E-state index in [4.69, 9.17) is 20.3 Å². The average Bonchev–Trinajstić information content (AvgIpc) is 3.13. The molecule has 1 fully saturated rings. The smallest absolute Gasteiger partial charge is 0.469 e. The fourth-order valence-electron chi connectivity index (χ4n) is 4.00. The zero-order valence-electron chi connectivity index (χ0n) is 17.5. The Morgan fingerprint density at radius 3 is 2.23 bits per heavy atom. The first kappa shape index (κ1) is 23.0. The van der Waals surface area contributed by atoms with Crippen LogP contribution in [0.3, 0.4) is 0 Å². The van der Waals surface area contributed by atoms with E-state index in [0.29, 0.717) is 18.8 Å². The summed E-state index contributed by atoms with van der Waals surface area (Å²) in [5.41, 5.74) is 9.41. The maximum atomic E-state index is 11.0. The molecule has 2 atom stereocenters. The molecule has 2 aromatic rings. The van der Waals surface area contributed by atoms with Gasteiger partial charge in [0.1, 0.15) is 5.75 Å². The van der Waals surface area contributed by atoms with Gasteiger partial charge in [-0.1, -0.05) is 43.3 Å². The minimum atomic E-state index is -4.49. The van der Waals surface area contributed by atoms with Crippen LogP contribution in [-0.2, 0) is 21.9 Å². The van der Waals surface area contributed by atoms with Gasteiger partial charge in [-0.25, -0.2) is 4.57 Å². The van der Waals surface area contributed by atoms with Gasteiger partial charge in [0.05, 0.1) is 13.2 Å². The molecule has 1 saturated carbocycles. The van der Waals surface area contributed by atoms with Crippen LogP contribution in [0.25, 0.3) is 0 Å². The van der Waals surface area contributed by atoms with Gasteiger partial charge in [0, 0.05) is 5.54 Å². The Morgan fingerprint density at radius 1 is 1.07 bits per heavy atom. The van der Waals surface area contributed by atoms with Crippen molar-refractivity contribution in [3.05, 3.63) is 65.2 Å². The molecule has 0 aliphatic heterocycles. The lowest BCUT2D eigenvalue weighted by Gasteiger charge is -2.24. The highest BCUT2D eigenvalue weighted by molar-refractivity contribution is 7.46. The van der Waals surface area contributed by atoms with Crippen LogP contribution in [0, 0.1) is 0 Å². The van der Waals surface area contributed by atoms with Crippen LogP contribution < -0.4 is 10.5 Å². The lowest BCUT2D eigenvalue weighted by Crippen LogP contribution is -2.41. The predicted molar refractivity (Wildman–Crippen MR) is 118 cm³/mol. The number of nitrogens with two attached hydrogens (primary N) is 1. The van der Waals surface area contributed by atoms with Crippen molar-refractivity contribution in [2.24, 2.45) is 5.73 Å². The molecule has 0 saturated heterocycles. The predicted octanol–water partition coefficient (Wildman–Crippen LogP) is 4.33. The van der Waals surface area contributed by atoms with Gasteiger partial charge in [0.2, 0.25) is 0 Å². The van der Waals surface area contributed by atoms with Crippen molar-refractivity contribution in [3.63, 3.8) is 0 Å². The molecule has 164 valence electrons. The third-order valence-electron chi connectivity index (χ3n) is 5.71. The molecule has 1 aliphatic rings. The van der Waals surface area contributed by atoms with Gasteiger partial charge in [0.25, 0.3) is 0 Å². The number of ether oxygens (including phenoxy) is 1. The van der Waals surface area contributed by atoms with E-state index < -0.39 is 13.4 Å². The molecule has 0 spiro atoms. The number of rotatable bonds is 10. The zero-order chi connectivity index (χ0) is 21.6. The second-order valence-electron chi connectivity index (χ2n) is 8.30. The number of hydrogen-bond donors (Lipinski definition) is 3. The van der Waals surface area contributed by atoms with E-state index in [0.717, 1.165) is 38.0 Å². The quantitative estimate of drug-likeness (QED) is 0.482. The highest BCUT2D eigenvalue weighted by atomic mass is 31.2. The van der Waals surface area contributed by atoms with Crippen molar-refractivity contribution in [1.29, 1.82) is 0 Å². The summed E-state index contributed by atoms with van der Waals surface area (Å²) in [6, 6.07) is 16.9. The summed E-state index contributed by atoms with van der Waals surface area (Å²) in [6.07, 6.45) is 5.20. The van der Waals surface area contributed by atoms with E-state index in [-0.39, 0.29) is 6.61 Å². The third-order valence-corrected chi connectivity index (χ3v) is 6.18. The molecule has 7 heteroatoms. The SMILES string of the molecule is CCCOc1ccc(CCc2ccc([C@@H]3CC[C@@](N)(COP(=O)(O)O)C3)cc2)cc1. The Labute approximate surface area is 178 Å². The Bertz CT molecular complexity index is 849. The summed E-state index contributed by atoms with van der Waals surface area (Å²) in [6.45, 7) is 2.72. The van der Waals surface area contributed by atoms with E-state index >= 15 is 0 Å². The molecule has 4 N–H and O–H groups in total. The number of benzene rings is 2. The van der Waals surface area contributed by atoms with Crippen molar-refractivity contribution in [3.8, 4) is 5.75 Å². The van der Waals surface area contributed by atoms with Crippen molar-refractivity contribution < 1.29 is 23.6 Å². The molecule has 0 heterocycles. The summed E-state index contributed by atoms with van der Waals surface area (Å²) in [7, 11) is -4.49. The first-order chi connectivity index (χ1) is 14.3. The van der Waals surface area contributed by atoms with Gasteiger partial charge in [0.15, 0.2) is 0 Å². The normalized spacial score (nSPS) is 21.7. The fraction of sp³-hybridized carbons (Fsp3) is 0.478. The van der Waals surface area contributed by atoms with Crippen LogP contribution in [0.1, 0.15) is 55.2 Å². The molecule has 0 bridgehead atoms. The molecule has 6 nitrogen and oxygen atoms in total. The number of aryl methyl sites for hydroxylation is 2. The first-order valence-electron chi connectivity index (χ1n) is 10.6. The summed E-state index contributed by atoms with van der Waals surface area (Å²) in [5, 5.41) is 0. The monoisotopic (exact) mass is 433 g/mol. The zero-order valence-corrected chi connectivity index (χ0v) is 18.4. The maximum Gasteiger partial charge on any atom is 0.469 e. The van der Waals surface area contributed by atoms with E-state index in [2.05, 4.69) is 47.8 Å². The molecule has 3 rings (SSSR count). The minimum Gasteiger partial charge on any atom is -0.494 e. The fourth-order valence-corrected chi connectivity index (χ4v) is 4.43. The van der Waals surface area contributed by atoms with Crippen LogP contribution in [0.4, 0.5) is 0 Å². The number of phosphoric ester groups is 1. The lowest BCUT2D eigenvalue weighted by molar-refractivity contribution is 0.153. The van der Waals surface area contributed by atoms with Gasteiger partial charge >= 0.3 is 7.82 Å². The van der Waals surface area contributed by atoms with E-state index in [9.17, 15) is 4.57 Å². The molecule has 0 aromatic heterocycles. The lowest BCUT2D eigenvalue weighted by atomic mass is 9.92. The summed E-state index contributed by atoms with van der Waals surface area (Å²) < 4.78 is 21.2. The first-order valence-corrected chi connectivity index (χ1v) is 12.1. The molecular weight excluding hydrogens is 401 g/mol. The second kappa shape index (κ2) is 10.1. The summed E-state index contributed by atoms with van der Waals surface area (Å²) in [5.74, 6) is 1.21. The van der Waals surface area contributed by atoms with Crippen molar-refractivity contribution in [2.75, 3.05) is 13.2 Å². The Kier molecular flexibility index (Phi) is 7.72. The van der Waals surface area contributed by atoms with Crippen molar-refractivity contribution >= 4 is 7.82 Å². The average molecular weight is 433 g/mol. The molecular formula is C23H32NO5P. The van der Waals surface area contributed by atoms with Crippen molar-refractivity contribution in [2.45, 2.75) is 56.9 Å². The van der Waals surface area contributed by atoms with Gasteiger partial charge < -0.3 is 20.3 Å². The molecule has 0 amide bonds. The molecule has 2 aromatic carbocycles. The van der Waals surface area contributed by atoms with Gasteiger partial charge in [-0.05, 0) is 73.3 Å². The van der Waals surface area contributed by atoms with Crippen LogP contribution >= 0.6 is 7.82 Å². The molecule has 1 aliphatic carbocycles. The molecule has 0 radical (unpaired) electrons. The third kappa shape index (κ3) is 6.93. The Balaban J connectivity index is 1.50. The Hall–Kier alpha value is -1.69. The van der Waals surface area contributed by atoms with Crippen LogP contribution in [0.15, 0.2) is 48.5 Å². The van der Waals surface area contributed by atoms with Gasteiger partial charge in [-0.15, -0.1) is 0 Å². The van der Waals surface area contributed by atoms with E-state index in [1.165, 1.54) is 16.7 Å².